The second kappa shape index (κ2) is 10.7. The molecule has 0 aliphatic carbocycles. The van der Waals surface area contributed by atoms with Gasteiger partial charge in [0, 0.05) is 12.2 Å². The second-order valence-electron chi connectivity index (χ2n) is 11.2. The Kier molecular flexibility index (Phi) is 10.6. The van der Waals surface area contributed by atoms with Crippen LogP contribution in [0.1, 0.15) is 68.7 Å². The molecule has 0 fully saturated rings. The first-order chi connectivity index (χ1) is 12.9. The summed E-state index contributed by atoms with van der Waals surface area (Å²) in [5.74, 6) is -0.139. The lowest BCUT2D eigenvalue weighted by molar-refractivity contribution is -0.138. The SMILES string of the molecule is CCOC(=O)/C(C)=C/[C@H](C)[C@H](CCO[Si](C)(C)C(C)(C)C)O[Si](C)(C)C(C)(C)C. The van der Waals surface area contributed by atoms with Crippen molar-refractivity contribution in [2.24, 2.45) is 5.92 Å². The summed E-state index contributed by atoms with van der Waals surface area (Å²) in [6, 6.07) is 0. The lowest BCUT2D eigenvalue weighted by Crippen LogP contribution is -2.46. The van der Waals surface area contributed by atoms with Gasteiger partial charge in [0.2, 0.25) is 0 Å². The minimum atomic E-state index is -1.95. The van der Waals surface area contributed by atoms with Gasteiger partial charge in [-0.25, -0.2) is 4.79 Å². The van der Waals surface area contributed by atoms with E-state index in [9.17, 15) is 4.79 Å². The van der Waals surface area contributed by atoms with Crippen LogP contribution in [0, 0.1) is 5.92 Å². The number of hydrogen-bond donors (Lipinski definition) is 0. The first kappa shape index (κ1) is 28.6. The molecule has 0 aromatic heterocycles. The van der Waals surface area contributed by atoms with E-state index in [1.54, 1.807) is 0 Å². The standard InChI is InChI=1S/C23H48O4Si2/c1-14-25-21(24)19(3)17-18(2)20(27-29(12,13)23(7,8)9)15-16-26-28(10,11)22(4,5)6/h17-18,20H,14-16H2,1-13H3/b19-17+/t18-,20-/m0/s1. The number of hydrogen-bond acceptors (Lipinski definition) is 4. The van der Waals surface area contributed by atoms with Crippen molar-refractivity contribution < 1.29 is 18.4 Å². The normalized spacial score (nSPS) is 16.5. The molecular weight excluding hydrogens is 396 g/mol. The van der Waals surface area contributed by atoms with E-state index in [-0.39, 0.29) is 28.1 Å². The molecule has 29 heavy (non-hydrogen) atoms. The Bertz CT molecular complexity index is 554. The molecule has 0 radical (unpaired) electrons. The molecule has 0 aliphatic heterocycles. The predicted octanol–water partition coefficient (Wildman–Crippen LogP) is 6.93. The van der Waals surface area contributed by atoms with Crippen LogP contribution in [0.5, 0.6) is 0 Å². The van der Waals surface area contributed by atoms with Crippen molar-refractivity contribution in [2.45, 2.75) is 111 Å². The fraction of sp³-hybridized carbons (Fsp3) is 0.870. The average molecular weight is 445 g/mol. The predicted molar refractivity (Wildman–Crippen MR) is 129 cm³/mol. The smallest absolute Gasteiger partial charge is 0.333 e. The van der Waals surface area contributed by atoms with Gasteiger partial charge in [0.25, 0.3) is 0 Å². The third-order valence-electron chi connectivity index (χ3n) is 6.62. The van der Waals surface area contributed by atoms with Gasteiger partial charge in [0.05, 0.1) is 12.7 Å². The van der Waals surface area contributed by atoms with Gasteiger partial charge >= 0.3 is 5.97 Å². The van der Waals surface area contributed by atoms with Crippen LogP contribution < -0.4 is 0 Å². The highest BCUT2D eigenvalue weighted by atomic mass is 28.4. The molecule has 0 rings (SSSR count). The van der Waals surface area contributed by atoms with Crippen molar-refractivity contribution in [1.82, 2.24) is 0 Å². The highest BCUT2D eigenvalue weighted by Crippen LogP contribution is 2.39. The van der Waals surface area contributed by atoms with Gasteiger partial charge < -0.3 is 13.6 Å². The van der Waals surface area contributed by atoms with Crippen LogP contribution in [-0.4, -0.2) is 41.9 Å². The molecule has 0 aromatic carbocycles. The lowest BCUT2D eigenvalue weighted by Gasteiger charge is -2.41. The van der Waals surface area contributed by atoms with E-state index < -0.39 is 16.6 Å². The summed E-state index contributed by atoms with van der Waals surface area (Å²) in [6.45, 7) is 29.5. The summed E-state index contributed by atoms with van der Waals surface area (Å²) in [7, 11) is -3.74. The molecule has 4 nitrogen and oxygen atoms in total. The lowest BCUT2D eigenvalue weighted by atomic mass is 9.99. The van der Waals surface area contributed by atoms with E-state index in [0.717, 1.165) is 6.42 Å². The number of ether oxygens (including phenoxy) is 1. The summed E-state index contributed by atoms with van der Waals surface area (Å²) in [6.07, 6.45) is 2.85. The summed E-state index contributed by atoms with van der Waals surface area (Å²) in [5, 5.41) is 0.319. The fourth-order valence-electron chi connectivity index (χ4n) is 2.45. The highest BCUT2D eigenvalue weighted by Gasteiger charge is 2.41. The van der Waals surface area contributed by atoms with Gasteiger partial charge in [-0.1, -0.05) is 54.5 Å². The zero-order chi connectivity index (χ0) is 23.3. The van der Waals surface area contributed by atoms with Gasteiger partial charge in [-0.2, -0.15) is 0 Å². The van der Waals surface area contributed by atoms with Gasteiger partial charge in [-0.05, 0) is 62.5 Å². The zero-order valence-corrected chi connectivity index (χ0v) is 23.5. The number of carbonyl (C=O) groups excluding carboxylic acids is 1. The Morgan fingerprint density at radius 1 is 0.966 bits per heavy atom. The van der Waals surface area contributed by atoms with Gasteiger partial charge in [0.1, 0.15) is 0 Å². The van der Waals surface area contributed by atoms with E-state index in [1.165, 1.54) is 0 Å². The number of carbonyl (C=O) groups is 1. The van der Waals surface area contributed by atoms with E-state index in [2.05, 4.69) is 74.7 Å². The van der Waals surface area contributed by atoms with E-state index in [1.807, 2.05) is 19.9 Å². The summed E-state index contributed by atoms with van der Waals surface area (Å²) < 4.78 is 18.4. The van der Waals surface area contributed by atoms with Crippen LogP contribution in [0.3, 0.4) is 0 Å². The molecule has 0 aliphatic rings. The van der Waals surface area contributed by atoms with Gasteiger partial charge in [-0.15, -0.1) is 0 Å². The maximum atomic E-state index is 12.1. The largest absolute Gasteiger partial charge is 0.463 e. The van der Waals surface area contributed by atoms with Crippen molar-refractivity contribution in [3.05, 3.63) is 11.6 Å². The van der Waals surface area contributed by atoms with Crippen LogP contribution >= 0.6 is 0 Å². The summed E-state index contributed by atoms with van der Waals surface area (Å²) >= 11 is 0. The first-order valence-electron chi connectivity index (χ1n) is 11.0. The third kappa shape index (κ3) is 9.07. The molecule has 0 bridgehead atoms. The van der Waals surface area contributed by atoms with E-state index in [0.29, 0.717) is 18.8 Å². The zero-order valence-electron chi connectivity index (χ0n) is 21.5. The Labute approximate surface area is 183 Å². The molecule has 0 amide bonds. The molecule has 172 valence electrons. The Morgan fingerprint density at radius 2 is 1.45 bits per heavy atom. The molecule has 0 saturated heterocycles. The molecule has 2 atom stereocenters. The maximum Gasteiger partial charge on any atom is 0.333 e. The fourth-order valence-corrected chi connectivity index (χ4v) is 4.95. The summed E-state index contributed by atoms with van der Waals surface area (Å²) in [4.78, 5) is 12.1. The van der Waals surface area contributed by atoms with Crippen molar-refractivity contribution >= 4 is 22.6 Å². The number of esters is 1. The quantitative estimate of drug-likeness (QED) is 0.208. The van der Waals surface area contributed by atoms with Crippen LogP contribution in [-0.2, 0) is 18.4 Å². The van der Waals surface area contributed by atoms with E-state index >= 15 is 0 Å². The molecule has 0 heterocycles. The molecular formula is C23H48O4Si2. The summed E-state index contributed by atoms with van der Waals surface area (Å²) in [5.41, 5.74) is 0.647. The maximum absolute atomic E-state index is 12.1. The minimum Gasteiger partial charge on any atom is -0.463 e. The van der Waals surface area contributed by atoms with Crippen LogP contribution in [0.15, 0.2) is 11.6 Å². The Hall–Kier alpha value is -0.436. The van der Waals surface area contributed by atoms with Crippen LogP contribution in [0.4, 0.5) is 0 Å². The monoisotopic (exact) mass is 444 g/mol. The van der Waals surface area contributed by atoms with Crippen LogP contribution in [0.25, 0.3) is 0 Å². The molecule has 0 aromatic rings. The van der Waals surface area contributed by atoms with Crippen molar-refractivity contribution in [1.29, 1.82) is 0 Å². The molecule has 0 N–H and O–H groups in total. The van der Waals surface area contributed by atoms with Crippen molar-refractivity contribution in [3.63, 3.8) is 0 Å². The third-order valence-corrected chi connectivity index (χ3v) is 15.7. The molecule has 0 unspecified atom stereocenters. The molecule has 0 saturated carbocycles. The highest BCUT2D eigenvalue weighted by molar-refractivity contribution is 6.74. The average Bonchev–Trinajstić information content (AvgIpc) is 2.51. The second-order valence-corrected chi connectivity index (χ2v) is 20.8. The number of rotatable bonds is 10. The molecule has 0 spiro atoms. The van der Waals surface area contributed by atoms with E-state index in [4.69, 9.17) is 13.6 Å². The van der Waals surface area contributed by atoms with Crippen molar-refractivity contribution in [2.75, 3.05) is 13.2 Å². The van der Waals surface area contributed by atoms with Crippen molar-refractivity contribution in [3.8, 4) is 0 Å². The Morgan fingerprint density at radius 3 is 1.86 bits per heavy atom. The molecule has 6 heteroatoms. The van der Waals surface area contributed by atoms with Gasteiger partial charge in [-0.3, -0.25) is 0 Å². The topological polar surface area (TPSA) is 44.8 Å². The van der Waals surface area contributed by atoms with Gasteiger partial charge in [0.15, 0.2) is 16.6 Å². The Balaban J connectivity index is 5.46. The minimum absolute atomic E-state index is 0.0186. The first-order valence-corrected chi connectivity index (χ1v) is 16.8. The van der Waals surface area contributed by atoms with Crippen LogP contribution in [0.2, 0.25) is 36.3 Å².